The molecule has 2 aromatic carbocycles. The highest BCUT2D eigenvalue weighted by Crippen LogP contribution is 2.26. The largest absolute Gasteiger partial charge is 0.343 e. The number of fused-ring (bicyclic) bond motifs is 1. The van der Waals surface area contributed by atoms with Crippen molar-refractivity contribution >= 4 is 34.5 Å². The molecule has 0 aliphatic carbocycles. The highest BCUT2D eigenvalue weighted by atomic mass is 16.2. The molecular weight excluding hydrogens is 416 g/mol. The molecular formula is C25H24N6O2. The van der Waals surface area contributed by atoms with Gasteiger partial charge in [-0.15, -0.1) is 0 Å². The zero-order chi connectivity index (χ0) is 22.6. The number of aromatic nitrogens is 3. The lowest BCUT2D eigenvalue weighted by atomic mass is 10.1. The third-order valence-electron chi connectivity index (χ3n) is 5.79. The summed E-state index contributed by atoms with van der Waals surface area (Å²) in [5.74, 6) is 0.0110. The number of pyridine rings is 1. The van der Waals surface area contributed by atoms with Crippen LogP contribution in [-0.4, -0.2) is 44.9 Å². The lowest BCUT2D eigenvalue weighted by Gasteiger charge is -2.26. The number of carbonyl (C=O) groups is 2. The second kappa shape index (κ2) is 9.12. The molecule has 0 unspecified atom stereocenters. The van der Waals surface area contributed by atoms with E-state index in [1.54, 1.807) is 36.8 Å². The number of nitrogens with one attached hydrogen (secondary N) is 3. The summed E-state index contributed by atoms with van der Waals surface area (Å²) in [4.78, 5) is 38.7. The molecule has 1 aliphatic rings. The number of nitrogens with zero attached hydrogens (tertiary/aromatic N) is 3. The van der Waals surface area contributed by atoms with E-state index in [1.807, 2.05) is 35.2 Å². The maximum Gasteiger partial charge on any atom is 0.323 e. The number of aromatic amines is 1. The molecule has 1 fully saturated rings. The van der Waals surface area contributed by atoms with E-state index in [0.717, 1.165) is 42.6 Å². The van der Waals surface area contributed by atoms with Gasteiger partial charge in [-0.2, -0.15) is 0 Å². The van der Waals surface area contributed by atoms with E-state index in [1.165, 1.54) is 6.42 Å². The lowest BCUT2D eigenvalue weighted by molar-refractivity contribution is 0.0724. The molecule has 1 aliphatic heterocycles. The molecule has 3 N–H and O–H groups in total. The molecule has 166 valence electrons. The van der Waals surface area contributed by atoms with Crippen LogP contribution in [0.1, 0.15) is 29.6 Å². The van der Waals surface area contributed by atoms with Gasteiger partial charge in [0.1, 0.15) is 0 Å². The minimum absolute atomic E-state index is 0.0110. The summed E-state index contributed by atoms with van der Waals surface area (Å²) in [7, 11) is 0. The van der Waals surface area contributed by atoms with E-state index in [-0.39, 0.29) is 11.9 Å². The molecule has 5 rings (SSSR count). The van der Waals surface area contributed by atoms with E-state index >= 15 is 0 Å². The summed E-state index contributed by atoms with van der Waals surface area (Å²) in [6, 6.07) is 16.2. The monoisotopic (exact) mass is 440 g/mol. The van der Waals surface area contributed by atoms with E-state index in [2.05, 4.69) is 25.6 Å². The number of anilines is 2. The van der Waals surface area contributed by atoms with Crippen molar-refractivity contribution in [2.45, 2.75) is 19.3 Å². The summed E-state index contributed by atoms with van der Waals surface area (Å²) in [6.45, 7) is 1.58. The molecule has 8 heteroatoms. The molecule has 33 heavy (non-hydrogen) atoms. The Morgan fingerprint density at radius 3 is 2.48 bits per heavy atom. The second-order valence-electron chi connectivity index (χ2n) is 8.05. The van der Waals surface area contributed by atoms with Crippen LogP contribution in [0.25, 0.3) is 22.3 Å². The summed E-state index contributed by atoms with van der Waals surface area (Å²) >= 11 is 0. The Hall–Kier alpha value is -4.20. The first-order valence-corrected chi connectivity index (χ1v) is 11.0. The number of H-pyrrole nitrogens is 1. The molecule has 0 atom stereocenters. The quantitative estimate of drug-likeness (QED) is 0.420. The van der Waals surface area contributed by atoms with Crippen molar-refractivity contribution in [2.75, 3.05) is 23.7 Å². The first-order chi connectivity index (χ1) is 16.2. The molecule has 3 amide bonds. The molecule has 0 saturated carbocycles. The highest BCUT2D eigenvalue weighted by molar-refractivity contribution is 6.01. The highest BCUT2D eigenvalue weighted by Gasteiger charge is 2.18. The maximum absolute atomic E-state index is 12.7. The Balaban J connectivity index is 1.24. The van der Waals surface area contributed by atoms with Crippen LogP contribution in [0.15, 0.2) is 67.1 Å². The molecule has 0 radical (unpaired) electrons. The number of imidazole rings is 1. The van der Waals surface area contributed by atoms with Crippen LogP contribution in [0.4, 0.5) is 16.2 Å². The van der Waals surface area contributed by atoms with Crippen LogP contribution in [0.5, 0.6) is 0 Å². The number of amides is 3. The SMILES string of the molecule is O=C(Nc1ccc(-c2ccnc3nc[nH]c23)cc1)Nc1cccc(C(=O)N2CCCCC2)c1. The number of hydrogen-bond donors (Lipinski definition) is 3. The Kier molecular flexibility index (Phi) is 5.72. The van der Waals surface area contributed by atoms with Gasteiger partial charge in [0.05, 0.1) is 11.8 Å². The summed E-state index contributed by atoms with van der Waals surface area (Å²) in [5, 5.41) is 5.65. The van der Waals surface area contributed by atoms with Gasteiger partial charge in [-0.25, -0.2) is 14.8 Å². The van der Waals surface area contributed by atoms with Crippen LogP contribution >= 0.6 is 0 Å². The Morgan fingerprint density at radius 1 is 0.879 bits per heavy atom. The summed E-state index contributed by atoms with van der Waals surface area (Å²) in [5.41, 5.74) is 5.33. The fourth-order valence-electron chi connectivity index (χ4n) is 4.13. The average molecular weight is 441 g/mol. The van der Waals surface area contributed by atoms with Crippen LogP contribution in [0, 0.1) is 0 Å². The van der Waals surface area contributed by atoms with Crippen LogP contribution in [0.2, 0.25) is 0 Å². The Morgan fingerprint density at radius 2 is 1.67 bits per heavy atom. The van der Waals surface area contributed by atoms with Crippen molar-refractivity contribution < 1.29 is 9.59 Å². The number of urea groups is 1. The second-order valence-corrected chi connectivity index (χ2v) is 8.05. The van der Waals surface area contributed by atoms with Crippen molar-refractivity contribution in [1.82, 2.24) is 19.9 Å². The fourth-order valence-corrected chi connectivity index (χ4v) is 4.13. The molecule has 0 spiro atoms. The topological polar surface area (TPSA) is 103 Å². The fraction of sp³-hybridized carbons (Fsp3) is 0.200. The van der Waals surface area contributed by atoms with Gasteiger partial charge in [0, 0.05) is 41.8 Å². The number of piperidine rings is 1. The van der Waals surface area contributed by atoms with Gasteiger partial charge in [0.25, 0.3) is 5.91 Å². The van der Waals surface area contributed by atoms with Crippen LogP contribution in [-0.2, 0) is 0 Å². The molecule has 8 nitrogen and oxygen atoms in total. The van der Waals surface area contributed by atoms with Gasteiger partial charge in [-0.3, -0.25) is 4.79 Å². The first kappa shape index (κ1) is 20.7. The minimum Gasteiger partial charge on any atom is -0.343 e. The third kappa shape index (κ3) is 4.55. The van der Waals surface area contributed by atoms with Crippen molar-refractivity contribution in [1.29, 1.82) is 0 Å². The molecule has 2 aromatic heterocycles. The van der Waals surface area contributed by atoms with Gasteiger partial charge < -0.3 is 20.5 Å². The van der Waals surface area contributed by atoms with Gasteiger partial charge >= 0.3 is 6.03 Å². The van der Waals surface area contributed by atoms with E-state index in [9.17, 15) is 9.59 Å². The summed E-state index contributed by atoms with van der Waals surface area (Å²) in [6.07, 6.45) is 6.60. The van der Waals surface area contributed by atoms with Gasteiger partial charge in [0.15, 0.2) is 5.65 Å². The molecule has 4 aromatic rings. The predicted molar refractivity (Wildman–Crippen MR) is 128 cm³/mol. The molecule has 1 saturated heterocycles. The van der Waals surface area contributed by atoms with Crippen molar-refractivity contribution in [3.8, 4) is 11.1 Å². The number of hydrogen-bond acceptors (Lipinski definition) is 4. The van der Waals surface area contributed by atoms with Gasteiger partial charge in [0.2, 0.25) is 0 Å². The normalized spacial score (nSPS) is 13.6. The Labute approximate surface area is 191 Å². The van der Waals surface area contributed by atoms with E-state index in [4.69, 9.17) is 0 Å². The molecule has 0 bridgehead atoms. The van der Waals surface area contributed by atoms with Crippen molar-refractivity contribution in [2.24, 2.45) is 0 Å². The summed E-state index contributed by atoms with van der Waals surface area (Å²) < 4.78 is 0. The predicted octanol–water partition coefficient (Wildman–Crippen LogP) is 4.90. The first-order valence-electron chi connectivity index (χ1n) is 11.0. The smallest absolute Gasteiger partial charge is 0.323 e. The van der Waals surface area contributed by atoms with E-state index < -0.39 is 0 Å². The third-order valence-corrected chi connectivity index (χ3v) is 5.79. The number of likely N-dealkylation sites (tertiary alicyclic amines) is 1. The van der Waals surface area contributed by atoms with E-state index in [0.29, 0.717) is 22.6 Å². The van der Waals surface area contributed by atoms with Gasteiger partial charge in [-0.1, -0.05) is 18.2 Å². The van der Waals surface area contributed by atoms with Crippen LogP contribution < -0.4 is 10.6 Å². The number of carbonyl (C=O) groups excluding carboxylic acids is 2. The number of rotatable bonds is 4. The van der Waals surface area contributed by atoms with Gasteiger partial charge in [-0.05, 0) is 61.2 Å². The standard InChI is InChI=1S/C25H24N6O2/c32-24(31-13-2-1-3-14-31)18-5-4-6-20(15-18)30-25(33)29-19-9-7-17(8-10-19)21-11-12-26-23-22(21)27-16-28-23/h4-12,15-16H,1-3,13-14H2,(H,26,27,28)(H2,29,30,33). The van der Waals surface area contributed by atoms with Crippen molar-refractivity contribution in [3.63, 3.8) is 0 Å². The van der Waals surface area contributed by atoms with Crippen LogP contribution in [0.3, 0.4) is 0 Å². The zero-order valence-corrected chi connectivity index (χ0v) is 18.0. The Bertz CT molecular complexity index is 1290. The minimum atomic E-state index is -0.370. The average Bonchev–Trinajstić information content (AvgIpc) is 3.34. The maximum atomic E-state index is 12.7. The zero-order valence-electron chi connectivity index (χ0n) is 18.0. The van der Waals surface area contributed by atoms with Crippen molar-refractivity contribution in [3.05, 3.63) is 72.7 Å². The lowest BCUT2D eigenvalue weighted by Crippen LogP contribution is -2.35. The number of benzene rings is 2. The molecule has 3 heterocycles.